The van der Waals surface area contributed by atoms with Gasteiger partial charge in [0.15, 0.2) is 0 Å². The Bertz CT molecular complexity index is 94.4. The van der Waals surface area contributed by atoms with Crippen LogP contribution in [0.25, 0.3) is 0 Å². The SMILES string of the molecule is CSSC(SSC)C(SSC)SSC. The zero-order valence-electron chi connectivity index (χ0n) is 8.42. The maximum atomic E-state index is 2.16. The van der Waals surface area contributed by atoms with Crippen LogP contribution in [0.2, 0.25) is 0 Å². The lowest BCUT2D eigenvalue weighted by Gasteiger charge is -2.21. The summed E-state index contributed by atoms with van der Waals surface area (Å²) in [6.07, 6.45) is 8.62. The summed E-state index contributed by atoms with van der Waals surface area (Å²) >= 11 is 0. The van der Waals surface area contributed by atoms with Crippen molar-refractivity contribution >= 4 is 86.4 Å². The standard InChI is InChI=1S/C6H14S8/c1-7-11-5(12-8-2)6(13-9-3)14-10-4/h5-6H,1-4H3. The average Bonchev–Trinajstić information content (AvgIpc) is 2.17. The van der Waals surface area contributed by atoms with Gasteiger partial charge in [0.05, 0.1) is 9.16 Å². The Morgan fingerprint density at radius 1 is 0.500 bits per heavy atom. The van der Waals surface area contributed by atoms with Crippen molar-refractivity contribution in [1.82, 2.24) is 0 Å². The number of hydrogen-bond donors (Lipinski definition) is 0. The highest BCUT2D eigenvalue weighted by atomic mass is 33.1. The molecule has 0 rings (SSSR count). The minimum Gasteiger partial charge on any atom is -0.0964 e. The fourth-order valence-corrected chi connectivity index (χ4v) is 13.7. The molecule has 14 heavy (non-hydrogen) atoms. The van der Waals surface area contributed by atoms with Crippen LogP contribution in [-0.4, -0.2) is 34.2 Å². The lowest BCUT2D eigenvalue weighted by Crippen LogP contribution is -2.08. The van der Waals surface area contributed by atoms with E-state index in [9.17, 15) is 0 Å². The van der Waals surface area contributed by atoms with E-state index in [-0.39, 0.29) is 0 Å². The lowest BCUT2D eigenvalue weighted by atomic mass is 10.9. The summed E-state index contributed by atoms with van der Waals surface area (Å²) in [6.45, 7) is 0. The van der Waals surface area contributed by atoms with E-state index in [1.165, 1.54) is 0 Å². The summed E-state index contributed by atoms with van der Waals surface area (Å²) < 4.78 is 1.32. The van der Waals surface area contributed by atoms with Crippen molar-refractivity contribution in [2.24, 2.45) is 0 Å². The molecule has 0 unspecified atom stereocenters. The summed E-state index contributed by atoms with van der Waals surface area (Å²) in [7, 11) is 15.4. The maximum Gasteiger partial charge on any atom is 0.0935 e. The van der Waals surface area contributed by atoms with Gasteiger partial charge in [-0.2, -0.15) is 0 Å². The van der Waals surface area contributed by atoms with Gasteiger partial charge in [-0.3, -0.25) is 0 Å². The molecular weight excluding hydrogens is 329 g/mol. The van der Waals surface area contributed by atoms with Gasteiger partial charge in [0.1, 0.15) is 0 Å². The quantitative estimate of drug-likeness (QED) is 0.382. The van der Waals surface area contributed by atoms with Crippen molar-refractivity contribution in [3.63, 3.8) is 0 Å². The Morgan fingerprint density at radius 2 is 0.714 bits per heavy atom. The Kier molecular flexibility index (Phi) is 14.7. The van der Waals surface area contributed by atoms with E-state index in [0.29, 0.717) is 9.16 Å². The molecule has 8 heteroatoms. The molecule has 0 aromatic rings. The van der Waals surface area contributed by atoms with Gasteiger partial charge in [0.25, 0.3) is 0 Å². The van der Waals surface area contributed by atoms with Crippen molar-refractivity contribution in [2.75, 3.05) is 25.0 Å². The molecule has 0 aliphatic heterocycles. The molecule has 0 fully saturated rings. The topological polar surface area (TPSA) is 0 Å². The van der Waals surface area contributed by atoms with Gasteiger partial charge in [0, 0.05) is 0 Å². The number of rotatable bonds is 9. The highest BCUT2D eigenvalue weighted by Crippen LogP contribution is 2.51. The molecule has 0 nitrogen and oxygen atoms in total. The van der Waals surface area contributed by atoms with Crippen LogP contribution >= 0.6 is 86.4 Å². The Balaban J connectivity index is 4.06. The van der Waals surface area contributed by atoms with E-state index < -0.39 is 0 Å². The van der Waals surface area contributed by atoms with Crippen molar-refractivity contribution in [1.29, 1.82) is 0 Å². The van der Waals surface area contributed by atoms with Crippen LogP contribution in [0.4, 0.5) is 0 Å². The van der Waals surface area contributed by atoms with E-state index in [1.807, 2.05) is 86.4 Å². The minimum absolute atomic E-state index is 0.662. The molecule has 0 radical (unpaired) electrons. The molecule has 0 saturated carbocycles. The van der Waals surface area contributed by atoms with Gasteiger partial charge in [-0.05, 0) is 25.0 Å². The van der Waals surface area contributed by atoms with Gasteiger partial charge < -0.3 is 0 Å². The van der Waals surface area contributed by atoms with Crippen LogP contribution in [0.15, 0.2) is 0 Å². The van der Waals surface area contributed by atoms with Crippen LogP contribution in [0.3, 0.4) is 0 Å². The predicted octanol–water partition coefficient (Wildman–Crippen LogP) is 5.68. The molecule has 0 saturated heterocycles. The predicted molar refractivity (Wildman–Crippen MR) is 92.0 cm³/mol. The smallest absolute Gasteiger partial charge is 0.0935 e. The van der Waals surface area contributed by atoms with Crippen LogP contribution in [0.5, 0.6) is 0 Å². The molecule has 0 aromatic heterocycles. The Hall–Kier alpha value is 2.80. The van der Waals surface area contributed by atoms with E-state index in [0.717, 1.165) is 0 Å². The third kappa shape index (κ3) is 7.97. The third-order valence-electron chi connectivity index (χ3n) is 0.986. The van der Waals surface area contributed by atoms with Gasteiger partial charge in [0.2, 0.25) is 0 Å². The van der Waals surface area contributed by atoms with Crippen LogP contribution in [0, 0.1) is 0 Å². The second-order valence-corrected chi connectivity index (χ2v) is 12.8. The minimum atomic E-state index is 0.662. The fraction of sp³-hybridized carbons (Fsp3) is 1.00. The monoisotopic (exact) mass is 342 g/mol. The fourth-order valence-electron chi connectivity index (χ4n) is 0.593. The Morgan fingerprint density at radius 3 is 0.857 bits per heavy atom. The number of hydrogen-bond acceptors (Lipinski definition) is 8. The van der Waals surface area contributed by atoms with Crippen molar-refractivity contribution in [2.45, 2.75) is 9.16 Å². The average molecular weight is 343 g/mol. The van der Waals surface area contributed by atoms with E-state index in [2.05, 4.69) is 25.0 Å². The summed E-state index contributed by atoms with van der Waals surface area (Å²) in [6, 6.07) is 0. The molecule has 0 aromatic carbocycles. The molecule has 0 bridgehead atoms. The highest BCUT2D eigenvalue weighted by Gasteiger charge is 2.23. The van der Waals surface area contributed by atoms with Gasteiger partial charge in [-0.1, -0.05) is 86.4 Å². The first-order valence-corrected chi connectivity index (χ1v) is 14.1. The molecular formula is C6H14S8. The molecule has 86 valence electrons. The molecule has 0 N–H and O–H groups in total. The maximum absolute atomic E-state index is 2.16. The first-order chi connectivity index (χ1) is 6.79. The van der Waals surface area contributed by atoms with Crippen LogP contribution in [-0.2, 0) is 0 Å². The van der Waals surface area contributed by atoms with Gasteiger partial charge in [-0.15, -0.1) is 0 Å². The van der Waals surface area contributed by atoms with Crippen molar-refractivity contribution < 1.29 is 0 Å². The molecule has 0 spiro atoms. The van der Waals surface area contributed by atoms with Crippen LogP contribution < -0.4 is 0 Å². The summed E-state index contributed by atoms with van der Waals surface area (Å²) in [5.74, 6) is 0. The molecule has 0 atom stereocenters. The zero-order valence-corrected chi connectivity index (χ0v) is 15.0. The third-order valence-corrected chi connectivity index (χ3v) is 11.7. The van der Waals surface area contributed by atoms with E-state index in [4.69, 9.17) is 0 Å². The molecule has 0 aliphatic rings. The molecule has 0 aliphatic carbocycles. The highest BCUT2D eigenvalue weighted by molar-refractivity contribution is 8.88. The summed E-state index contributed by atoms with van der Waals surface area (Å²) in [4.78, 5) is 0. The van der Waals surface area contributed by atoms with Gasteiger partial charge in [-0.25, -0.2) is 0 Å². The zero-order chi connectivity index (χ0) is 10.8. The Labute approximate surface area is 119 Å². The van der Waals surface area contributed by atoms with Crippen molar-refractivity contribution in [3.8, 4) is 0 Å². The normalized spacial score (nSPS) is 11.6. The second kappa shape index (κ2) is 12.3. The van der Waals surface area contributed by atoms with Gasteiger partial charge >= 0.3 is 0 Å². The van der Waals surface area contributed by atoms with Crippen molar-refractivity contribution in [3.05, 3.63) is 0 Å². The first kappa shape index (κ1) is 16.8. The van der Waals surface area contributed by atoms with E-state index >= 15 is 0 Å². The largest absolute Gasteiger partial charge is 0.0964 e. The first-order valence-electron chi connectivity index (χ1n) is 3.58. The summed E-state index contributed by atoms with van der Waals surface area (Å²) in [5.41, 5.74) is 0. The lowest BCUT2D eigenvalue weighted by molar-refractivity contribution is 1.40. The van der Waals surface area contributed by atoms with E-state index in [1.54, 1.807) is 0 Å². The molecule has 0 heterocycles. The van der Waals surface area contributed by atoms with Crippen LogP contribution in [0.1, 0.15) is 0 Å². The molecule has 0 amide bonds. The second-order valence-electron chi connectivity index (χ2n) is 1.79. The summed E-state index contributed by atoms with van der Waals surface area (Å²) in [5, 5.41) is 0.